The number of rotatable bonds is 4. The van der Waals surface area contributed by atoms with E-state index in [1.165, 1.54) is 12.1 Å². The molecule has 1 fully saturated rings. The summed E-state index contributed by atoms with van der Waals surface area (Å²) in [5.74, 6) is -3.40. The van der Waals surface area contributed by atoms with Gasteiger partial charge in [0.1, 0.15) is 0 Å². The van der Waals surface area contributed by atoms with Crippen LogP contribution in [0.1, 0.15) is 6.42 Å². The molecule has 1 unspecified atom stereocenters. The topological polar surface area (TPSA) is 49.4 Å². The monoisotopic (exact) mass is 290 g/mol. The second-order valence-corrected chi connectivity index (χ2v) is 6.42. The number of nitrogens with one attached hydrogen (secondary N) is 1. The Kier molecular flexibility index (Phi) is 4.05. The third-order valence-electron chi connectivity index (χ3n) is 3.37. The van der Waals surface area contributed by atoms with Crippen LogP contribution < -0.4 is 10.2 Å². The van der Waals surface area contributed by atoms with Gasteiger partial charge < -0.3 is 10.2 Å². The Balaban J connectivity index is 2.41. The minimum absolute atomic E-state index is 0.119. The van der Waals surface area contributed by atoms with Gasteiger partial charge in [-0.25, -0.2) is 8.42 Å². The molecule has 0 amide bonds. The standard InChI is InChI=1S/C12H16F2N2O2S/c1-16(9-6-7-15-8-9)10-4-2-3-5-11(10)19(17,18)12(13)14/h2-5,9,12,15H,6-8H2,1H3. The minimum atomic E-state index is -4.58. The molecule has 1 aliphatic rings. The first-order valence-electron chi connectivity index (χ1n) is 5.99. The van der Waals surface area contributed by atoms with E-state index in [-0.39, 0.29) is 10.9 Å². The van der Waals surface area contributed by atoms with E-state index in [0.29, 0.717) is 5.69 Å². The first kappa shape index (κ1) is 14.2. The van der Waals surface area contributed by atoms with Crippen molar-refractivity contribution in [2.45, 2.75) is 23.1 Å². The molecule has 1 aromatic rings. The van der Waals surface area contributed by atoms with E-state index in [4.69, 9.17) is 0 Å². The molecule has 1 saturated heterocycles. The van der Waals surface area contributed by atoms with Crippen LogP contribution >= 0.6 is 0 Å². The van der Waals surface area contributed by atoms with E-state index >= 15 is 0 Å². The van der Waals surface area contributed by atoms with Crippen molar-refractivity contribution in [3.8, 4) is 0 Å². The summed E-state index contributed by atoms with van der Waals surface area (Å²) < 4.78 is 48.8. The Morgan fingerprint density at radius 1 is 1.37 bits per heavy atom. The number of likely N-dealkylation sites (N-methyl/N-ethyl adjacent to an activating group) is 1. The molecule has 0 aliphatic carbocycles. The lowest BCUT2D eigenvalue weighted by molar-refractivity contribution is 0.235. The maximum Gasteiger partial charge on any atom is 0.341 e. The highest BCUT2D eigenvalue weighted by Crippen LogP contribution is 2.30. The average Bonchev–Trinajstić information content (AvgIpc) is 2.91. The number of sulfone groups is 1. The van der Waals surface area contributed by atoms with Crippen molar-refractivity contribution in [1.29, 1.82) is 0 Å². The summed E-state index contributed by atoms with van der Waals surface area (Å²) in [7, 11) is -2.84. The summed E-state index contributed by atoms with van der Waals surface area (Å²) in [5, 5.41) is 3.16. The summed E-state index contributed by atoms with van der Waals surface area (Å²) in [6.45, 7) is 1.57. The van der Waals surface area contributed by atoms with Gasteiger partial charge in [0.25, 0.3) is 0 Å². The van der Waals surface area contributed by atoms with Crippen molar-refractivity contribution in [2.75, 3.05) is 25.0 Å². The van der Waals surface area contributed by atoms with Gasteiger partial charge in [-0.15, -0.1) is 0 Å². The van der Waals surface area contributed by atoms with E-state index in [9.17, 15) is 17.2 Å². The molecule has 1 heterocycles. The van der Waals surface area contributed by atoms with Crippen molar-refractivity contribution in [2.24, 2.45) is 0 Å². The smallest absolute Gasteiger partial charge is 0.341 e. The summed E-state index contributed by atoms with van der Waals surface area (Å²) in [5.41, 5.74) is 0.330. The number of hydrogen-bond acceptors (Lipinski definition) is 4. The van der Waals surface area contributed by atoms with Gasteiger partial charge in [0, 0.05) is 19.6 Å². The number of hydrogen-bond donors (Lipinski definition) is 1. The Labute approximate surface area is 111 Å². The van der Waals surface area contributed by atoms with Gasteiger partial charge in [-0.05, 0) is 25.1 Å². The van der Waals surface area contributed by atoms with E-state index in [2.05, 4.69) is 5.32 Å². The number of alkyl halides is 2. The molecule has 0 radical (unpaired) electrons. The second kappa shape index (κ2) is 5.42. The van der Waals surface area contributed by atoms with Crippen molar-refractivity contribution >= 4 is 15.5 Å². The van der Waals surface area contributed by atoms with Crippen molar-refractivity contribution in [3.05, 3.63) is 24.3 Å². The number of nitrogens with zero attached hydrogens (tertiary/aromatic N) is 1. The van der Waals surface area contributed by atoms with Crippen LogP contribution in [-0.2, 0) is 9.84 Å². The van der Waals surface area contributed by atoms with E-state index < -0.39 is 15.6 Å². The zero-order valence-electron chi connectivity index (χ0n) is 10.5. The number of halogens is 2. The Bertz CT molecular complexity index is 542. The fraction of sp³-hybridized carbons (Fsp3) is 0.500. The van der Waals surface area contributed by atoms with E-state index in [1.54, 1.807) is 24.1 Å². The number of benzene rings is 1. The van der Waals surface area contributed by atoms with Crippen LogP contribution in [0.4, 0.5) is 14.5 Å². The van der Waals surface area contributed by atoms with E-state index in [0.717, 1.165) is 19.5 Å². The van der Waals surface area contributed by atoms with Crippen molar-refractivity contribution in [1.82, 2.24) is 5.32 Å². The number of anilines is 1. The van der Waals surface area contributed by atoms with Gasteiger partial charge in [-0.3, -0.25) is 0 Å². The van der Waals surface area contributed by atoms with Crippen LogP contribution in [0, 0.1) is 0 Å². The molecular formula is C12H16F2N2O2S. The predicted octanol–water partition coefficient (Wildman–Crippen LogP) is 1.48. The summed E-state index contributed by atoms with van der Waals surface area (Å²) in [6.07, 6.45) is 0.861. The van der Waals surface area contributed by atoms with E-state index in [1.807, 2.05) is 0 Å². The van der Waals surface area contributed by atoms with Crippen LogP contribution in [0.3, 0.4) is 0 Å². The molecule has 1 atom stereocenters. The SMILES string of the molecule is CN(c1ccccc1S(=O)(=O)C(F)F)C1CCNC1. The minimum Gasteiger partial charge on any atom is -0.369 e. The largest absolute Gasteiger partial charge is 0.369 e. The van der Waals surface area contributed by atoms with Gasteiger partial charge in [-0.1, -0.05) is 12.1 Å². The van der Waals surface area contributed by atoms with Crippen molar-refractivity contribution in [3.63, 3.8) is 0 Å². The van der Waals surface area contributed by atoms with Gasteiger partial charge in [0.15, 0.2) is 0 Å². The summed E-state index contributed by atoms with van der Waals surface area (Å²) in [6, 6.07) is 6.02. The summed E-state index contributed by atoms with van der Waals surface area (Å²) in [4.78, 5) is 1.45. The van der Waals surface area contributed by atoms with Gasteiger partial charge in [0.05, 0.1) is 10.6 Å². The summed E-state index contributed by atoms with van der Waals surface area (Å²) >= 11 is 0. The normalized spacial score (nSPS) is 19.9. The highest BCUT2D eigenvalue weighted by atomic mass is 32.2. The molecule has 1 N–H and O–H groups in total. The highest BCUT2D eigenvalue weighted by Gasteiger charge is 2.31. The Hall–Kier alpha value is -1.21. The molecule has 0 aromatic heterocycles. The molecule has 1 aliphatic heterocycles. The third-order valence-corrected chi connectivity index (χ3v) is 4.80. The molecular weight excluding hydrogens is 274 g/mol. The molecule has 19 heavy (non-hydrogen) atoms. The maximum atomic E-state index is 12.7. The highest BCUT2D eigenvalue weighted by molar-refractivity contribution is 7.91. The zero-order valence-corrected chi connectivity index (χ0v) is 11.3. The maximum absolute atomic E-state index is 12.7. The first-order chi connectivity index (χ1) is 8.94. The third kappa shape index (κ3) is 2.71. The molecule has 1 aromatic carbocycles. The van der Waals surface area contributed by atoms with Gasteiger partial charge in [0.2, 0.25) is 9.84 Å². The van der Waals surface area contributed by atoms with Crippen LogP contribution in [0.15, 0.2) is 29.2 Å². The molecule has 0 spiro atoms. The molecule has 0 bridgehead atoms. The predicted molar refractivity (Wildman–Crippen MR) is 69.3 cm³/mol. The van der Waals surface area contributed by atoms with Crippen LogP contribution in [0.2, 0.25) is 0 Å². The average molecular weight is 290 g/mol. The van der Waals surface area contributed by atoms with Gasteiger partial charge in [-0.2, -0.15) is 8.78 Å². The fourth-order valence-corrected chi connectivity index (χ4v) is 3.22. The zero-order chi connectivity index (χ0) is 14.0. The lowest BCUT2D eigenvalue weighted by Crippen LogP contribution is -2.34. The fourth-order valence-electron chi connectivity index (χ4n) is 2.25. The second-order valence-electron chi connectivity index (χ2n) is 4.53. The quantitative estimate of drug-likeness (QED) is 0.912. The first-order valence-corrected chi connectivity index (χ1v) is 7.54. The molecule has 2 rings (SSSR count). The van der Waals surface area contributed by atoms with Crippen molar-refractivity contribution < 1.29 is 17.2 Å². The molecule has 7 heteroatoms. The lowest BCUT2D eigenvalue weighted by atomic mass is 10.2. The molecule has 4 nitrogen and oxygen atoms in total. The van der Waals surface area contributed by atoms with Gasteiger partial charge >= 0.3 is 5.76 Å². The number of para-hydroxylation sites is 1. The van der Waals surface area contributed by atoms with Crippen LogP contribution in [0.5, 0.6) is 0 Å². The Morgan fingerprint density at radius 2 is 2.05 bits per heavy atom. The van der Waals surface area contributed by atoms with Crippen LogP contribution in [0.25, 0.3) is 0 Å². The lowest BCUT2D eigenvalue weighted by Gasteiger charge is -2.27. The Morgan fingerprint density at radius 3 is 2.63 bits per heavy atom. The molecule has 0 saturated carbocycles. The molecule has 106 valence electrons. The van der Waals surface area contributed by atoms with Crippen LogP contribution in [-0.4, -0.2) is 40.4 Å².